The molecular weight excluding hydrogens is 404 g/mol. The average molecular weight is 452 g/mol. The monoisotopic (exact) mass is 451 g/mol. The summed E-state index contributed by atoms with van der Waals surface area (Å²) in [6.07, 6.45) is 7.38. The van der Waals surface area contributed by atoms with Crippen molar-refractivity contribution in [2.75, 3.05) is 40.5 Å². The lowest BCUT2D eigenvalue weighted by atomic mass is 9.79. The number of phenols is 1. The molecule has 4 nitrogen and oxygen atoms in total. The van der Waals surface area contributed by atoms with Gasteiger partial charge < -0.3 is 14.9 Å². The fraction of sp³-hybridized carbons (Fsp3) is 0.731. The zero-order valence-electron chi connectivity index (χ0n) is 21.5. The first kappa shape index (κ1) is 27.8. The molecule has 0 radical (unpaired) electrons. The van der Waals surface area contributed by atoms with Gasteiger partial charge in [0.1, 0.15) is 5.75 Å². The molecule has 0 fully saturated rings. The van der Waals surface area contributed by atoms with Gasteiger partial charge in [-0.1, -0.05) is 41.0 Å². The zero-order valence-corrected chi connectivity index (χ0v) is 22.3. The third-order valence-electron chi connectivity index (χ3n) is 5.93. The normalized spacial score (nSPS) is 13.5. The van der Waals surface area contributed by atoms with Crippen molar-refractivity contribution in [3.8, 4) is 5.75 Å². The van der Waals surface area contributed by atoms with Crippen LogP contribution in [0.25, 0.3) is 0 Å². The molecule has 5 heteroatoms. The summed E-state index contributed by atoms with van der Waals surface area (Å²) in [5, 5.41) is 14.7. The molecule has 0 aromatic heterocycles. The summed E-state index contributed by atoms with van der Waals surface area (Å²) in [5.74, 6) is 0.480. The van der Waals surface area contributed by atoms with Gasteiger partial charge in [-0.15, -0.1) is 0 Å². The molecule has 1 aromatic rings. The van der Waals surface area contributed by atoms with Crippen LogP contribution in [-0.2, 0) is 6.42 Å². The fourth-order valence-electron chi connectivity index (χ4n) is 3.87. The van der Waals surface area contributed by atoms with Crippen molar-refractivity contribution >= 4 is 17.7 Å². The Bertz CT molecular complexity index is 708. The van der Waals surface area contributed by atoms with Gasteiger partial charge in [-0.3, -0.25) is 4.79 Å². The highest BCUT2D eigenvalue weighted by atomic mass is 32.2. The van der Waals surface area contributed by atoms with Crippen molar-refractivity contribution in [3.05, 3.63) is 28.8 Å². The molecule has 31 heavy (non-hydrogen) atoms. The van der Waals surface area contributed by atoms with Gasteiger partial charge in [0.05, 0.1) is 27.7 Å². The molecule has 0 bridgehead atoms. The minimum atomic E-state index is -0.0452. The average Bonchev–Trinajstić information content (AvgIpc) is 2.65. The summed E-state index contributed by atoms with van der Waals surface area (Å²) in [6.45, 7) is 12.6. The highest BCUT2D eigenvalue weighted by molar-refractivity contribution is 7.99. The van der Waals surface area contributed by atoms with Crippen molar-refractivity contribution in [1.29, 1.82) is 0 Å². The highest BCUT2D eigenvalue weighted by Gasteiger charge is 2.24. The first-order valence-corrected chi connectivity index (χ1v) is 13.0. The van der Waals surface area contributed by atoms with Crippen LogP contribution < -0.4 is 5.32 Å². The maximum atomic E-state index is 12.9. The van der Waals surface area contributed by atoms with Crippen LogP contribution >= 0.6 is 11.8 Å². The van der Waals surface area contributed by atoms with E-state index in [1.807, 2.05) is 23.9 Å². The van der Waals surface area contributed by atoms with Gasteiger partial charge in [0.15, 0.2) is 0 Å². The van der Waals surface area contributed by atoms with Gasteiger partial charge in [-0.25, -0.2) is 0 Å². The number of carbonyl (C=O) groups is 1. The van der Waals surface area contributed by atoms with Crippen LogP contribution in [0.2, 0.25) is 0 Å². The number of amides is 1. The van der Waals surface area contributed by atoms with Crippen molar-refractivity contribution in [1.82, 2.24) is 5.32 Å². The van der Waals surface area contributed by atoms with E-state index in [0.29, 0.717) is 23.1 Å². The largest absolute Gasteiger partial charge is 0.507 e. The van der Waals surface area contributed by atoms with Crippen LogP contribution in [-0.4, -0.2) is 61.2 Å². The number of aromatic hydroxyl groups is 1. The van der Waals surface area contributed by atoms with Gasteiger partial charge in [0.25, 0.3) is 5.91 Å². The Morgan fingerprint density at radius 3 is 2.35 bits per heavy atom. The SMILES string of the molecule is CSC(C)CCCC(C)(C)Cc1cc(C(=O)NCCC[N+](C)(C)C)cc(C(C)C)c1O. The van der Waals surface area contributed by atoms with Crippen LogP contribution in [0.3, 0.4) is 0 Å². The standard InChI is InChI=1S/C26H46N2O2S/c1-19(2)23-17-21(25(30)27-14-11-15-28(6,7)8)16-22(24(23)29)18-26(4,5)13-10-12-20(3)31-9/h16-17,19-20H,10-15,18H2,1-9H3,(H-,27,29,30)/p+1. The number of carbonyl (C=O) groups excluding carboxylic acids is 1. The van der Waals surface area contributed by atoms with Crippen molar-refractivity contribution in [2.24, 2.45) is 5.41 Å². The molecule has 0 aliphatic heterocycles. The van der Waals surface area contributed by atoms with Gasteiger partial charge in [0, 0.05) is 23.8 Å². The van der Waals surface area contributed by atoms with E-state index in [9.17, 15) is 9.90 Å². The number of nitrogens with one attached hydrogen (secondary N) is 1. The Kier molecular flexibility index (Phi) is 10.9. The molecule has 1 atom stereocenters. The molecule has 1 unspecified atom stereocenters. The first-order valence-electron chi connectivity index (χ1n) is 11.7. The number of thioether (sulfide) groups is 1. The molecule has 0 heterocycles. The van der Waals surface area contributed by atoms with Crippen LogP contribution in [0.5, 0.6) is 5.75 Å². The summed E-state index contributed by atoms with van der Waals surface area (Å²) in [4.78, 5) is 12.9. The van der Waals surface area contributed by atoms with Gasteiger partial charge in [0.2, 0.25) is 0 Å². The Morgan fingerprint density at radius 1 is 1.16 bits per heavy atom. The van der Waals surface area contributed by atoms with Gasteiger partial charge in [-0.2, -0.15) is 11.8 Å². The number of rotatable bonds is 13. The quantitative estimate of drug-likeness (QED) is 0.293. The molecule has 178 valence electrons. The molecule has 2 N–H and O–H groups in total. The number of quaternary nitrogens is 1. The third kappa shape index (κ3) is 10.3. The second-order valence-electron chi connectivity index (χ2n) is 11.1. The lowest BCUT2D eigenvalue weighted by Gasteiger charge is -2.27. The Morgan fingerprint density at radius 2 is 1.81 bits per heavy atom. The maximum Gasteiger partial charge on any atom is 0.251 e. The minimum absolute atomic E-state index is 0.0452. The van der Waals surface area contributed by atoms with Crippen molar-refractivity contribution in [2.45, 2.75) is 77.9 Å². The first-order chi connectivity index (χ1) is 14.3. The van der Waals surface area contributed by atoms with Crippen LogP contribution in [0, 0.1) is 5.41 Å². The van der Waals surface area contributed by atoms with Crippen LogP contribution in [0.15, 0.2) is 12.1 Å². The molecular formula is C26H47N2O2S+. The molecule has 0 aliphatic rings. The molecule has 0 saturated carbocycles. The minimum Gasteiger partial charge on any atom is -0.507 e. The maximum absolute atomic E-state index is 12.9. The summed E-state index contributed by atoms with van der Waals surface area (Å²) in [7, 11) is 6.48. The van der Waals surface area contributed by atoms with Gasteiger partial charge in [-0.05, 0) is 60.1 Å². The molecule has 1 aromatic carbocycles. The highest BCUT2D eigenvalue weighted by Crippen LogP contribution is 2.37. The van der Waals surface area contributed by atoms with Crippen molar-refractivity contribution in [3.63, 3.8) is 0 Å². The van der Waals surface area contributed by atoms with E-state index in [-0.39, 0.29) is 17.2 Å². The molecule has 0 spiro atoms. The topological polar surface area (TPSA) is 49.3 Å². The molecule has 0 aliphatic carbocycles. The predicted molar refractivity (Wildman–Crippen MR) is 136 cm³/mol. The predicted octanol–water partition coefficient (Wildman–Crippen LogP) is 5.83. The second kappa shape index (κ2) is 12.2. The molecule has 1 rings (SSSR count). The number of hydrogen-bond donors (Lipinski definition) is 2. The van der Waals surface area contributed by atoms with E-state index in [1.165, 1.54) is 12.8 Å². The lowest BCUT2D eigenvalue weighted by molar-refractivity contribution is -0.870. The van der Waals surface area contributed by atoms with E-state index >= 15 is 0 Å². The number of benzene rings is 1. The van der Waals surface area contributed by atoms with Gasteiger partial charge >= 0.3 is 0 Å². The van der Waals surface area contributed by atoms with E-state index in [4.69, 9.17) is 0 Å². The lowest BCUT2D eigenvalue weighted by Crippen LogP contribution is -2.37. The summed E-state index contributed by atoms with van der Waals surface area (Å²) in [6, 6.07) is 3.77. The summed E-state index contributed by atoms with van der Waals surface area (Å²) in [5.41, 5.74) is 2.49. The zero-order chi connectivity index (χ0) is 23.8. The van der Waals surface area contributed by atoms with Crippen molar-refractivity contribution < 1.29 is 14.4 Å². The molecule has 1 amide bonds. The number of hydrogen-bond acceptors (Lipinski definition) is 3. The fourth-order valence-corrected chi connectivity index (χ4v) is 4.27. The Hall–Kier alpha value is -1.20. The number of phenolic OH excluding ortho intramolecular Hbond substituents is 1. The van der Waals surface area contributed by atoms with Crippen LogP contribution in [0.4, 0.5) is 0 Å². The number of nitrogens with zero attached hydrogens (tertiary/aromatic N) is 1. The second-order valence-corrected chi connectivity index (χ2v) is 12.4. The smallest absolute Gasteiger partial charge is 0.251 e. The Balaban J connectivity index is 2.94. The van der Waals surface area contributed by atoms with Crippen LogP contribution in [0.1, 0.15) is 87.7 Å². The summed E-state index contributed by atoms with van der Waals surface area (Å²) < 4.78 is 0.890. The van der Waals surface area contributed by atoms with E-state index in [1.54, 1.807) is 0 Å². The summed E-state index contributed by atoms with van der Waals surface area (Å²) >= 11 is 1.92. The van der Waals surface area contributed by atoms with E-state index in [0.717, 1.165) is 41.4 Å². The van der Waals surface area contributed by atoms with E-state index < -0.39 is 0 Å². The Labute approximate surface area is 195 Å². The molecule has 0 saturated heterocycles. The van der Waals surface area contributed by atoms with E-state index in [2.05, 4.69) is 67.3 Å². The third-order valence-corrected chi connectivity index (χ3v) is 6.97.